The van der Waals surface area contributed by atoms with Crippen molar-refractivity contribution in [3.63, 3.8) is 0 Å². The van der Waals surface area contributed by atoms with Crippen molar-refractivity contribution in [2.24, 2.45) is 5.92 Å². The topological polar surface area (TPSA) is 89.0 Å². The third kappa shape index (κ3) is 8.13. The minimum Gasteiger partial charge on any atom is -0.481 e. The average molecular weight is 563 g/mol. The van der Waals surface area contributed by atoms with E-state index in [1.54, 1.807) is 55.5 Å². The first-order valence-electron chi connectivity index (χ1n) is 14.2. The molecule has 1 saturated heterocycles. The van der Waals surface area contributed by atoms with Crippen LogP contribution >= 0.6 is 0 Å². The Kier molecular flexibility index (Phi) is 9.76. The van der Waals surface area contributed by atoms with E-state index >= 15 is 0 Å². The van der Waals surface area contributed by atoms with E-state index in [1.807, 2.05) is 0 Å². The number of hydrogen-bond acceptors (Lipinski definition) is 6. The number of hydrogen-bond donors (Lipinski definition) is 1. The van der Waals surface area contributed by atoms with Gasteiger partial charge in [0.1, 0.15) is 11.6 Å². The molecule has 7 nitrogen and oxygen atoms in total. The Bertz CT molecular complexity index is 1390. The molecule has 3 aromatic rings. The molecule has 1 unspecified atom stereocenters. The van der Waals surface area contributed by atoms with E-state index in [-0.39, 0.29) is 5.54 Å². The van der Waals surface area contributed by atoms with Crippen LogP contribution in [0.15, 0.2) is 54.7 Å². The number of likely N-dealkylation sites (tertiary alicyclic amines) is 1. The number of nitrogens with zero attached hydrogens (tertiary/aromatic N) is 2. The molecule has 0 bridgehead atoms. The molecular formula is C33H39FN2O5. The molecule has 2 fully saturated rings. The van der Waals surface area contributed by atoms with Gasteiger partial charge in [-0.3, -0.25) is 9.69 Å². The highest BCUT2D eigenvalue weighted by Crippen LogP contribution is 2.35. The second-order valence-electron chi connectivity index (χ2n) is 11.5. The summed E-state index contributed by atoms with van der Waals surface area (Å²) < 4.78 is 25.8. The lowest BCUT2D eigenvalue weighted by molar-refractivity contribution is -0.141. The summed E-state index contributed by atoms with van der Waals surface area (Å²) in [6.45, 7) is 7.45. The fraction of sp³-hybridized carbons (Fsp3) is 0.424. The highest BCUT2D eigenvalue weighted by molar-refractivity contribution is 5.92. The van der Waals surface area contributed by atoms with Crippen LogP contribution in [0.25, 0.3) is 11.1 Å². The van der Waals surface area contributed by atoms with Gasteiger partial charge in [-0.15, -0.1) is 0 Å². The van der Waals surface area contributed by atoms with Crippen molar-refractivity contribution < 1.29 is 28.6 Å². The van der Waals surface area contributed by atoms with E-state index in [0.29, 0.717) is 41.3 Å². The molecule has 0 spiro atoms. The number of rotatable bonds is 9. The summed E-state index contributed by atoms with van der Waals surface area (Å²) in [6.07, 6.45) is 8.08. The average Bonchev–Trinajstić information content (AvgIpc) is 3.79. The smallest absolute Gasteiger partial charge is 0.343 e. The van der Waals surface area contributed by atoms with Crippen molar-refractivity contribution in [2.45, 2.75) is 71.4 Å². The van der Waals surface area contributed by atoms with E-state index in [2.05, 4.69) is 23.7 Å². The molecule has 1 saturated carbocycles. The number of carbonyl (C=O) groups is 2. The lowest BCUT2D eigenvalue weighted by Gasteiger charge is -2.32. The van der Waals surface area contributed by atoms with Gasteiger partial charge in [-0.2, -0.15) is 0 Å². The molecule has 2 aromatic carbocycles. The SMILES string of the molecule is C1CC1.COc1cc(-c2ccc(C(=O)Oc3cccc(CC(C)C(=O)O)c3)cc2CN2CCCC2(C)C)c(F)cn1. The van der Waals surface area contributed by atoms with Crippen LogP contribution in [0.2, 0.25) is 0 Å². The summed E-state index contributed by atoms with van der Waals surface area (Å²) in [5, 5.41) is 9.20. The van der Waals surface area contributed by atoms with E-state index in [4.69, 9.17) is 9.47 Å². The summed E-state index contributed by atoms with van der Waals surface area (Å²) in [5.41, 5.74) is 2.89. The zero-order chi connectivity index (χ0) is 29.6. The number of carboxylic acid groups (broad SMARTS) is 1. The number of carboxylic acids is 1. The maximum Gasteiger partial charge on any atom is 0.343 e. The van der Waals surface area contributed by atoms with Crippen molar-refractivity contribution >= 4 is 11.9 Å². The van der Waals surface area contributed by atoms with Crippen LogP contribution < -0.4 is 9.47 Å². The number of aromatic nitrogens is 1. The highest BCUT2D eigenvalue weighted by Gasteiger charge is 2.32. The predicted octanol–water partition coefficient (Wildman–Crippen LogP) is 6.92. The monoisotopic (exact) mass is 562 g/mol. The molecule has 2 aliphatic rings. The van der Waals surface area contributed by atoms with Gasteiger partial charge in [0.2, 0.25) is 5.88 Å². The molecule has 1 N–H and O–H groups in total. The minimum absolute atomic E-state index is 0.0181. The van der Waals surface area contributed by atoms with Crippen molar-refractivity contribution in [3.8, 4) is 22.8 Å². The number of pyridine rings is 1. The third-order valence-corrected chi connectivity index (χ3v) is 7.53. The summed E-state index contributed by atoms with van der Waals surface area (Å²) >= 11 is 0. The standard InChI is InChI=1S/C30H33FN2O5.C3H6/c1-19(28(34)35)13-20-7-5-8-23(14-20)38-29(36)21-9-10-24(25-16-27(37-4)32-17-26(25)31)22(15-21)18-33-12-6-11-30(33,2)3;1-2-3-1/h5,7-10,14-17,19H,6,11-13,18H2,1-4H3,(H,34,35);1-3H2. The van der Waals surface area contributed by atoms with Gasteiger partial charge >= 0.3 is 11.9 Å². The number of carbonyl (C=O) groups excluding carboxylic acids is 1. The first-order chi connectivity index (χ1) is 19.6. The number of halogens is 1. The molecule has 41 heavy (non-hydrogen) atoms. The molecule has 5 rings (SSSR count). The van der Waals surface area contributed by atoms with E-state index in [9.17, 15) is 19.1 Å². The fourth-order valence-corrected chi connectivity index (χ4v) is 4.86. The second-order valence-corrected chi connectivity index (χ2v) is 11.5. The first-order valence-corrected chi connectivity index (χ1v) is 14.2. The van der Waals surface area contributed by atoms with Gasteiger partial charge in [0.25, 0.3) is 0 Å². The Morgan fingerprint density at radius 3 is 2.46 bits per heavy atom. The molecule has 1 aromatic heterocycles. The maximum absolute atomic E-state index is 14.9. The molecule has 0 amide bonds. The van der Waals surface area contributed by atoms with Gasteiger partial charge in [-0.25, -0.2) is 14.2 Å². The maximum atomic E-state index is 14.9. The molecule has 1 atom stereocenters. The van der Waals surface area contributed by atoms with Crippen LogP contribution in [0, 0.1) is 11.7 Å². The largest absolute Gasteiger partial charge is 0.481 e. The Labute approximate surface area is 241 Å². The lowest BCUT2D eigenvalue weighted by atomic mass is 9.95. The van der Waals surface area contributed by atoms with E-state index < -0.39 is 23.7 Å². The Hall–Kier alpha value is -3.78. The summed E-state index contributed by atoms with van der Waals surface area (Å²) in [5.74, 6) is -1.83. The van der Waals surface area contributed by atoms with Crippen molar-refractivity contribution in [1.82, 2.24) is 9.88 Å². The lowest BCUT2D eigenvalue weighted by Crippen LogP contribution is -2.37. The van der Waals surface area contributed by atoms with Crippen LogP contribution in [0.1, 0.15) is 74.4 Å². The van der Waals surface area contributed by atoms with Gasteiger partial charge in [0.05, 0.1) is 24.8 Å². The molecule has 0 radical (unpaired) electrons. The van der Waals surface area contributed by atoms with Gasteiger partial charge in [-0.05, 0) is 80.6 Å². The fourth-order valence-electron chi connectivity index (χ4n) is 4.86. The Balaban J connectivity index is 0.00000121. The van der Waals surface area contributed by atoms with E-state index in [0.717, 1.165) is 36.7 Å². The molecule has 1 aliphatic carbocycles. The molecule has 8 heteroatoms. The quantitative estimate of drug-likeness (QED) is 0.224. The van der Waals surface area contributed by atoms with Crippen LogP contribution in [-0.2, 0) is 17.8 Å². The van der Waals surface area contributed by atoms with Crippen molar-refractivity contribution in [1.29, 1.82) is 0 Å². The van der Waals surface area contributed by atoms with Crippen molar-refractivity contribution in [2.75, 3.05) is 13.7 Å². The van der Waals surface area contributed by atoms with E-state index in [1.165, 1.54) is 26.4 Å². The zero-order valence-electron chi connectivity index (χ0n) is 24.3. The number of methoxy groups -OCH3 is 1. The van der Waals surface area contributed by atoms with Crippen LogP contribution in [0.4, 0.5) is 4.39 Å². The van der Waals surface area contributed by atoms with Gasteiger partial charge in [0.15, 0.2) is 0 Å². The molecule has 2 heterocycles. The van der Waals surface area contributed by atoms with Crippen LogP contribution in [-0.4, -0.2) is 46.1 Å². The zero-order valence-corrected chi connectivity index (χ0v) is 24.3. The summed E-state index contributed by atoms with van der Waals surface area (Å²) in [6, 6.07) is 13.6. The second kappa shape index (κ2) is 13.3. The number of benzene rings is 2. The number of esters is 1. The number of ether oxygens (including phenoxy) is 2. The van der Waals surface area contributed by atoms with Crippen LogP contribution in [0.3, 0.4) is 0 Å². The van der Waals surface area contributed by atoms with Crippen LogP contribution in [0.5, 0.6) is 11.6 Å². The van der Waals surface area contributed by atoms with Gasteiger partial charge in [0, 0.05) is 23.7 Å². The Morgan fingerprint density at radius 1 is 1.07 bits per heavy atom. The number of aliphatic carboxylic acids is 1. The molecule has 1 aliphatic heterocycles. The van der Waals surface area contributed by atoms with Gasteiger partial charge < -0.3 is 14.6 Å². The highest BCUT2D eigenvalue weighted by atomic mass is 19.1. The normalized spacial score (nSPS) is 16.3. The third-order valence-electron chi connectivity index (χ3n) is 7.53. The first kappa shape index (κ1) is 30.2. The minimum atomic E-state index is -0.885. The predicted molar refractivity (Wildman–Crippen MR) is 156 cm³/mol. The summed E-state index contributed by atoms with van der Waals surface area (Å²) in [7, 11) is 1.48. The molecular weight excluding hydrogens is 523 g/mol. The Morgan fingerprint density at radius 2 is 1.83 bits per heavy atom. The summed E-state index contributed by atoms with van der Waals surface area (Å²) in [4.78, 5) is 30.7. The van der Waals surface area contributed by atoms with Gasteiger partial charge in [-0.1, -0.05) is 44.4 Å². The van der Waals surface area contributed by atoms with Crippen molar-refractivity contribution in [3.05, 3.63) is 77.2 Å². The molecule has 218 valence electrons.